The van der Waals surface area contributed by atoms with Gasteiger partial charge in [-0.3, -0.25) is 0 Å². The summed E-state index contributed by atoms with van der Waals surface area (Å²) in [7, 11) is 0. The van der Waals surface area contributed by atoms with E-state index in [9.17, 15) is 0 Å². The average molecular weight is 317 g/mol. The van der Waals surface area contributed by atoms with Crippen molar-refractivity contribution in [3.63, 3.8) is 0 Å². The van der Waals surface area contributed by atoms with Crippen LogP contribution in [0.4, 0.5) is 0 Å². The Morgan fingerprint density at radius 2 is 1.86 bits per heavy atom. The predicted octanol–water partition coefficient (Wildman–Crippen LogP) is -0.371. The van der Waals surface area contributed by atoms with Gasteiger partial charge in [0, 0.05) is 0 Å². The molecule has 1 N–H and O–H groups in total. The van der Waals surface area contributed by atoms with Crippen LogP contribution in [-0.2, 0) is 0 Å². The number of hydrogen-bond donors (Lipinski definition) is 0. The van der Waals surface area contributed by atoms with Crippen LogP contribution in [0.1, 0.15) is 6.42 Å². The van der Waals surface area contributed by atoms with Gasteiger partial charge in [0.05, 0.1) is 1.93 Å². The number of alkyl halides is 2. The van der Waals surface area contributed by atoms with Crippen LogP contribution in [-0.4, -0.2) is 8.48 Å². The van der Waals surface area contributed by atoms with Crippen molar-refractivity contribution in [1.82, 2.24) is 0 Å². The van der Waals surface area contributed by atoms with E-state index >= 15 is 0 Å². The molecule has 0 unspecified atom stereocenters. The van der Waals surface area contributed by atoms with Gasteiger partial charge < -0.3 is 5.73 Å². The molecule has 0 spiro atoms. The van der Waals surface area contributed by atoms with Gasteiger partial charge in [-0.05, 0) is 0 Å². The number of hydrogen-bond acceptors (Lipinski definition) is 0. The van der Waals surface area contributed by atoms with Crippen molar-refractivity contribution in [2.24, 2.45) is 0 Å². The van der Waals surface area contributed by atoms with Crippen LogP contribution in [0.5, 0.6) is 0 Å². The molecule has 0 aromatic heterocycles. The minimum atomic E-state index is 0. The smallest absolute Gasteiger partial charge is 0.677 e. The van der Waals surface area contributed by atoms with Gasteiger partial charge in [-0.15, -0.1) is 6.54 Å². The number of rotatable bonds is 2. The van der Waals surface area contributed by atoms with Gasteiger partial charge in [-0.25, -0.2) is 0 Å². The van der Waals surface area contributed by atoms with Crippen LogP contribution >= 0.6 is 45.2 Å². The molecular formula is C3H6I2LiN. The monoisotopic (exact) mass is 317 g/mol. The number of nitrogens with one attached hydrogen (secondary N) is 1. The Bertz CT molecular complexity index is 34.1. The Labute approximate surface area is 83.6 Å². The molecule has 0 aliphatic carbocycles. The molecular weight excluding hydrogens is 311 g/mol. The van der Waals surface area contributed by atoms with E-state index in [2.05, 4.69) is 45.2 Å². The molecule has 0 aromatic rings. The summed E-state index contributed by atoms with van der Waals surface area (Å²) < 4.78 is 0.651. The van der Waals surface area contributed by atoms with E-state index in [-0.39, 0.29) is 18.9 Å². The van der Waals surface area contributed by atoms with Crippen molar-refractivity contribution in [2.45, 2.75) is 8.35 Å². The molecule has 0 heterocycles. The van der Waals surface area contributed by atoms with E-state index in [0.717, 1.165) is 6.42 Å². The van der Waals surface area contributed by atoms with E-state index in [1.807, 2.05) is 0 Å². The molecule has 0 amide bonds. The molecule has 0 atom stereocenters. The molecule has 0 aliphatic heterocycles. The first-order valence-corrected chi connectivity index (χ1v) is 4.19. The summed E-state index contributed by atoms with van der Waals surface area (Å²) in [6.07, 6.45) is 1.02. The topological polar surface area (TPSA) is 23.8 Å². The standard InChI is InChI=1S/C3H6I2N.Li/c4-3(5)1-2-6;/h3,6H,1-2H2;/q-1;+1. The summed E-state index contributed by atoms with van der Waals surface area (Å²) in [6.45, 7) is 0.566. The van der Waals surface area contributed by atoms with Crippen molar-refractivity contribution in [1.29, 1.82) is 0 Å². The minimum Gasteiger partial charge on any atom is -0.677 e. The summed E-state index contributed by atoms with van der Waals surface area (Å²) >= 11 is 4.62. The summed E-state index contributed by atoms with van der Waals surface area (Å²) in [6, 6.07) is 0. The molecule has 0 aromatic carbocycles. The van der Waals surface area contributed by atoms with Crippen molar-refractivity contribution >= 4 is 45.2 Å². The molecule has 4 heteroatoms. The Morgan fingerprint density at radius 1 is 1.43 bits per heavy atom. The van der Waals surface area contributed by atoms with Gasteiger partial charge in [0.15, 0.2) is 0 Å². The molecule has 0 saturated heterocycles. The minimum absolute atomic E-state index is 0. The van der Waals surface area contributed by atoms with Crippen LogP contribution in [0.15, 0.2) is 0 Å². The molecule has 0 bridgehead atoms. The van der Waals surface area contributed by atoms with E-state index in [4.69, 9.17) is 5.73 Å². The zero-order chi connectivity index (χ0) is 4.99. The molecule has 0 radical (unpaired) electrons. The van der Waals surface area contributed by atoms with Gasteiger partial charge in [0.2, 0.25) is 0 Å². The predicted molar refractivity (Wildman–Crippen MR) is 45.6 cm³/mol. The second kappa shape index (κ2) is 8.02. The Morgan fingerprint density at radius 3 is 1.86 bits per heavy atom. The molecule has 0 fully saturated rings. The van der Waals surface area contributed by atoms with E-state index in [1.165, 1.54) is 0 Å². The first kappa shape index (κ1) is 11.8. The van der Waals surface area contributed by atoms with Gasteiger partial charge in [-0.1, -0.05) is 51.6 Å². The summed E-state index contributed by atoms with van der Waals surface area (Å²) in [4.78, 5) is 0. The molecule has 0 rings (SSSR count). The summed E-state index contributed by atoms with van der Waals surface area (Å²) in [5.41, 5.74) is 6.72. The quantitative estimate of drug-likeness (QED) is 0.377. The van der Waals surface area contributed by atoms with Crippen molar-refractivity contribution in [3.05, 3.63) is 5.73 Å². The first-order chi connectivity index (χ1) is 2.77. The number of halogens is 2. The van der Waals surface area contributed by atoms with Crippen LogP contribution in [0.3, 0.4) is 0 Å². The van der Waals surface area contributed by atoms with Crippen molar-refractivity contribution in [2.75, 3.05) is 6.54 Å². The third-order valence-electron chi connectivity index (χ3n) is 0.363. The van der Waals surface area contributed by atoms with Crippen molar-refractivity contribution < 1.29 is 18.9 Å². The SMILES string of the molecule is [Li+].[NH-]CCC(I)I. The molecule has 7 heavy (non-hydrogen) atoms. The van der Waals surface area contributed by atoms with Crippen LogP contribution < -0.4 is 18.9 Å². The Hall–Kier alpha value is 2.02. The fraction of sp³-hybridized carbons (Fsp3) is 1.00. The maximum atomic E-state index is 6.72. The van der Waals surface area contributed by atoms with E-state index in [0.29, 0.717) is 8.48 Å². The second-order valence-corrected chi connectivity index (χ2v) is 6.32. The van der Waals surface area contributed by atoms with Crippen LogP contribution in [0, 0.1) is 0 Å². The maximum Gasteiger partial charge on any atom is 1.00 e. The molecule has 38 valence electrons. The molecule has 0 saturated carbocycles. The zero-order valence-electron chi connectivity index (χ0n) is 4.25. The fourth-order valence-corrected chi connectivity index (χ4v) is 0.732. The second-order valence-electron chi connectivity index (χ2n) is 0.930. The molecule has 1 nitrogen and oxygen atoms in total. The first-order valence-electron chi connectivity index (χ1n) is 1.70. The third kappa shape index (κ3) is 11.5. The van der Waals surface area contributed by atoms with Gasteiger partial charge in [0.25, 0.3) is 0 Å². The van der Waals surface area contributed by atoms with E-state index in [1.54, 1.807) is 0 Å². The normalized spacial score (nSPS) is 8.57. The van der Waals surface area contributed by atoms with Gasteiger partial charge in [-0.2, -0.15) is 0 Å². The van der Waals surface area contributed by atoms with Crippen molar-refractivity contribution in [3.8, 4) is 0 Å². The Kier molecular flexibility index (Phi) is 13.5. The molecule has 0 aliphatic rings. The average Bonchev–Trinajstić information content (AvgIpc) is 1.35. The largest absolute Gasteiger partial charge is 1.00 e. The summed E-state index contributed by atoms with van der Waals surface area (Å²) in [5, 5.41) is 0. The zero-order valence-corrected chi connectivity index (χ0v) is 8.56. The van der Waals surface area contributed by atoms with Gasteiger partial charge >= 0.3 is 18.9 Å². The van der Waals surface area contributed by atoms with Gasteiger partial charge in [0.1, 0.15) is 0 Å². The summed E-state index contributed by atoms with van der Waals surface area (Å²) in [5.74, 6) is 0. The fourth-order valence-electron chi connectivity index (χ4n) is 0.109. The third-order valence-corrected chi connectivity index (χ3v) is 1.61. The van der Waals surface area contributed by atoms with Crippen LogP contribution in [0.25, 0.3) is 5.73 Å². The Balaban J connectivity index is 0. The van der Waals surface area contributed by atoms with E-state index < -0.39 is 0 Å². The maximum absolute atomic E-state index is 6.72. The van der Waals surface area contributed by atoms with Crippen LogP contribution in [0.2, 0.25) is 0 Å².